The van der Waals surface area contributed by atoms with Gasteiger partial charge in [-0.3, -0.25) is 14.3 Å². The lowest BCUT2D eigenvalue weighted by atomic mass is 10.2. The normalized spacial score (nSPS) is 12.1. The van der Waals surface area contributed by atoms with Gasteiger partial charge in [0.05, 0.1) is 31.4 Å². The van der Waals surface area contributed by atoms with E-state index in [2.05, 4.69) is 0 Å². The van der Waals surface area contributed by atoms with Gasteiger partial charge < -0.3 is 5.73 Å². The smallest absolute Gasteiger partial charge is 0.270 e. The summed E-state index contributed by atoms with van der Waals surface area (Å²) in [6.45, 7) is 1.90. The summed E-state index contributed by atoms with van der Waals surface area (Å²) in [6, 6.07) is 9.43. The van der Waals surface area contributed by atoms with Crippen molar-refractivity contribution in [2.24, 2.45) is 0 Å². The molecule has 2 aromatic carbocycles. The predicted octanol–water partition coefficient (Wildman–Crippen LogP) is 3.45. The van der Waals surface area contributed by atoms with Gasteiger partial charge in [0.1, 0.15) is 0 Å². The van der Waals surface area contributed by atoms with Gasteiger partial charge in [0.25, 0.3) is 5.69 Å². The number of benzene rings is 2. The first-order chi connectivity index (χ1) is 9.88. The third kappa shape index (κ3) is 3.59. The van der Waals surface area contributed by atoms with Crippen molar-refractivity contribution >= 4 is 33.8 Å². The molecule has 0 aliphatic carbocycles. The Hall–Kier alpha value is -1.92. The number of nitrogen functional groups attached to an aromatic ring is 1. The number of non-ortho nitro benzene ring substituents is 1. The van der Waals surface area contributed by atoms with Gasteiger partial charge in [0.2, 0.25) is 0 Å². The van der Waals surface area contributed by atoms with Crippen molar-refractivity contribution in [2.45, 2.75) is 17.6 Å². The summed E-state index contributed by atoms with van der Waals surface area (Å²) in [5, 5.41) is 10.9. The molecular formula is C14H13ClN2O3S. The van der Waals surface area contributed by atoms with Gasteiger partial charge in [0, 0.05) is 17.8 Å². The summed E-state index contributed by atoms with van der Waals surface area (Å²) in [7, 11) is -1.36. The molecule has 21 heavy (non-hydrogen) atoms. The Kier molecular flexibility index (Phi) is 4.59. The molecule has 110 valence electrons. The van der Waals surface area contributed by atoms with Gasteiger partial charge in [-0.1, -0.05) is 17.7 Å². The summed E-state index contributed by atoms with van der Waals surface area (Å²) >= 11 is 6.00. The quantitative estimate of drug-likeness (QED) is 0.530. The highest BCUT2D eigenvalue weighted by molar-refractivity contribution is 7.84. The highest BCUT2D eigenvalue weighted by Crippen LogP contribution is 2.26. The number of nitrogens with two attached hydrogens (primary N) is 1. The van der Waals surface area contributed by atoms with Crippen LogP contribution in [-0.2, 0) is 16.6 Å². The Balaban J connectivity index is 2.25. The Morgan fingerprint density at radius 2 is 2.00 bits per heavy atom. The van der Waals surface area contributed by atoms with Crippen LogP contribution in [0, 0.1) is 17.0 Å². The number of nitrogens with zero attached hydrogens (tertiary/aromatic N) is 1. The minimum absolute atomic E-state index is 0.0932. The molecule has 0 saturated heterocycles. The maximum atomic E-state index is 12.4. The van der Waals surface area contributed by atoms with Crippen LogP contribution in [0.3, 0.4) is 0 Å². The molecule has 2 aromatic rings. The van der Waals surface area contributed by atoms with E-state index in [0.717, 1.165) is 5.56 Å². The number of halogens is 1. The molecule has 0 amide bonds. The van der Waals surface area contributed by atoms with E-state index < -0.39 is 15.7 Å². The van der Waals surface area contributed by atoms with Crippen molar-refractivity contribution in [2.75, 3.05) is 5.73 Å². The lowest BCUT2D eigenvalue weighted by Gasteiger charge is -2.08. The lowest BCUT2D eigenvalue weighted by molar-refractivity contribution is -0.384. The van der Waals surface area contributed by atoms with Crippen molar-refractivity contribution in [3.8, 4) is 0 Å². The van der Waals surface area contributed by atoms with E-state index in [4.69, 9.17) is 17.3 Å². The van der Waals surface area contributed by atoms with Crippen molar-refractivity contribution in [3.63, 3.8) is 0 Å². The zero-order valence-electron chi connectivity index (χ0n) is 11.2. The molecule has 0 aromatic heterocycles. The number of rotatable bonds is 4. The van der Waals surface area contributed by atoms with Crippen LogP contribution in [0.2, 0.25) is 5.02 Å². The second kappa shape index (κ2) is 6.24. The number of hydrogen-bond acceptors (Lipinski definition) is 4. The van der Waals surface area contributed by atoms with E-state index >= 15 is 0 Å². The van der Waals surface area contributed by atoms with Crippen LogP contribution >= 0.6 is 11.6 Å². The topological polar surface area (TPSA) is 86.2 Å². The molecule has 0 fully saturated rings. The molecule has 0 spiro atoms. The SMILES string of the molecule is Cc1ccc(S(=O)Cc2ccc([N+](=O)[O-])cc2Cl)c(N)c1. The number of hydrogen-bond donors (Lipinski definition) is 1. The minimum atomic E-state index is -1.36. The second-order valence-electron chi connectivity index (χ2n) is 4.56. The summed E-state index contributed by atoms with van der Waals surface area (Å²) < 4.78 is 12.4. The van der Waals surface area contributed by atoms with Crippen molar-refractivity contribution < 1.29 is 9.13 Å². The third-order valence-electron chi connectivity index (χ3n) is 2.94. The van der Waals surface area contributed by atoms with Crippen LogP contribution in [-0.4, -0.2) is 9.13 Å². The Bertz CT molecular complexity index is 734. The summed E-state index contributed by atoms with van der Waals surface area (Å²) in [4.78, 5) is 10.7. The molecule has 1 atom stereocenters. The molecule has 2 rings (SSSR count). The summed E-state index contributed by atoms with van der Waals surface area (Å²) in [6.07, 6.45) is 0. The summed E-state index contributed by atoms with van der Waals surface area (Å²) in [5.41, 5.74) is 7.81. The molecular weight excluding hydrogens is 312 g/mol. The fourth-order valence-electron chi connectivity index (χ4n) is 1.86. The van der Waals surface area contributed by atoms with Crippen LogP contribution in [0.25, 0.3) is 0 Å². The monoisotopic (exact) mass is 324 g/mol. The molecule has 5 nitrogen and oxygen atoms in total. The van der Waals surface area contributed by atoms with Crippen molar-refractivity contribution in [1.82, 2.24) is 0 Å². The first kappa shape index (κ1) is 15.5. The molecule has 2 N–H and O–H groups in total. The second-order valence-corrected chi connectivity index (χ2v) is 6.39. The molecule has 0 aliphatic heterocycles. The lowest BCUT2D eigenvalue weighted by Crippen LogP contribution is -2.02. The first-order valence-corrected chi connectivity index (χ1v) is 7.75. The molecule has 7 heteroatoms. The molecule has 0 radical (unpaired) electrons. The fourth-order valence-corrected chi connectivity index (χ4v) is 3.41. The van der Waals surface area contributed by atoms with Crippen LogP contribution in [0.1, 0.15) is 11.1 Å². The zero-order chi connectivity index (χ0) is 15.6. The largest absolute Gasteiger partial charge is 0.398 e. The zero-order valence-corrected chi connectivity index (χ0v) is 12.8. The van der Waals surface area contributed by atoms with E-state index in [-0.39, 0.29) is 16.5 Å². The molecule has 0 heterocycles. The number of anilines is 1. The Morgan fingerprint density at radius 3 is 2.57 bits per heavy atom. The maximum absolute atomic E-state index is 12.4. The van der Waals surface area contributed by atoms with E-state index in [1.165, 1.54) is 18.2 Å². The van der Waals surface area contributed by atoms with Gasteiger partial charge in [-0.2, -0.15) is 0 Å². The van der Waals surface area contributed by atoms with E-state index in [9.17, 15) is 14.3 Å². The standard InChI is InChI=1S/C14H13ClN2O3S/c1-9-2-5-14(13(16)6-9)21(20)8-10-3-4-11(17(18)19)7-12(10)15/h2-7H,8,16H2,1H3. The van der Waals surface area contributed by atoms with Crippen molar-refractivity contribution in [1.29, 1.82) is 0 Å². The highest BCUT2D eigenvalue weighted by atomic mass is 35.5. The third-order valence-corrected chi connectivity index (χ3v) is 4.73. The number of nitro benzene ring substituents is 1. The average Bonchev–Trinajstić information content (AvgIpc) is 2.40. The predicted molar refractivity (Wildman–Crippen MR) is 83.8 cm³/mol. The first-order valence-electron chi connectivity index (χ1n) is 6.06. The van der Waals surface area contributed by atoms with Crippen LogP contribution in [0.4, 0.5) is 11.4 Å². The molecule has 0 saturated carbocycles. The Morgan fingerprint density at radius 1 is 1.29 bits per heavy atom. The molecule has 1 unspecified atom stereocenters. The van der Waals surface area contributed by atoms with Gasteiger partial charge in [-0.15, -0.1) is 0 Å². The summed E-state index contributed by atoms with van der Waals surface area (Å²) in [5.74, 6) is 0.157. The highest BCUT2D eigenvalue weighted by Gasteiger charge is 2.14. The van der Waals surface area contributed by atoms with Gasteiger partial charge in [0.15, 0.2) is 0 Å². The number of aryl methyl sites for hydroxylation is 1. The average molecular weight is 325 g/mol. The van der Waals surface area contributed by atoms with Crippen LogP contribution in [0.15, 0.2) is 41.3 Å². The maximum Gasteiger partial charge on any atom is 0.270 e. The van der Waals surface area contributed by atoms with Crippen LogP contribution in [0.5, 0.6) is 0 Å². The molecule has 0 bridgehead atoms. The van der Waals surface area contributed by atoms with Crippen molar-refractivity contribution in [3.05, 3.63) is 62.7 Å². The minimum Gasteiger partial charge on any atom is -0.398 e. The van der Waals surface area contributed by atoms with E-state index in [1.54, 1.807) is 12.1 Å². The van der Waals surface area contributed by atoms with Gasteiger partial charge in [-0.25, -0.2) is 0 Å². The number of nitro groups is 1. The van der Waals surface area contributed by atoms with Gasteiger partial charge in [-0.05, 0) is 36.2 Å². The van der Waals surface area contributed by atoms with E-state index in [1.807, 2.05) is 13.0 Å². The van der Waals surface area contributed by atoms with Crippen LogP contribution < -0.4 is 5.73 Å². The molecule has 0 aliphatic rings. The van der Waals surface area contributed by atoms with Gasteiger partial charge >= 0.3 is 0 Å². The van der Waals surface area contributed by atoms with E-state index in [0.29, 0.717) is 16.1 Å². The Labute approximate surface area is 129 Å². The fraction of sp³-hybridized carbons (Fsp3) is 0.143.